The maximum absolute atomic E-state index is 11.7. The number of piperidine rings is 1. The van der Waals surface area contributed by atoms with E-state index in [2.05, 4.69) is 21.3 Å². The lowest BCUT2D eigenvalue weighted by molar-refractivity contribution is -0.127. The Morgan fingerprint density at radius 1 is 1.30 bits per heavy atom. The molecule has 2 fully saturated rings. The summed E-state index contributed by atoms with van der Waals surface area (Å²) in [6.45, 7) is 2.82. The average Bonchev–Trinajstić information content (AvgIpc) is 2.81. The monoisotopic (exact) mass is 274 g/mol. The summed E-state index contributed by atoms with van der Waals surface area (Å²) < 4.78 is 0. The van der Waals surface area contributed by atoms with Crippen LogP contribution in [0.1, 0.15) is 18.4 Å². The Balaban J connectivity index is 1.55. The smallest absolute Gasteiger partial charge is 0.324 e. The van der Waals surface area contributed by atoms with Gasteiger partial charge in [0, 0.05) is 38.1 Å². The van der Waals surface area contributed by atoms with E-state index in [9.17, 15) is 9.59 Å². The molecule has 2 aliphatic heterocycles. The van der Waals surface area contributed by atoms with Gasteiger partial charge in [0.15, 0.2) is 0 Å². The number of amides is 3. The van der Waals surface area contributed by atoms with Crippen LogP contribution in [0.2, 0.25) is 0 Å². The van der Waals surface area contributed by atoms with Gasteiger partial charge in [-0.1, -0.05) is 6.07 Å². The number of pyridine rings is 1. The molecule has 3 rings (SSSR count). The van der Waals surface area contributed by atoms with Crippen LogP contribution >= 0.6 is 0 Å². The van der Waals surface area contributed by atoms with Crippen LogP contribution in [0.3, 0.4) is 0 Å². The summed E-state index contributed by atoms with van der Waals surface area (Å²) in [5.41, 5.74) is 1.20. The fourth-order valence-electron chi connectivity index (χ4n) is 2.89. The number of imide groups is 1. The van der Waals surface area contributed by atoms with Crippen molar-refractivity contribution in [1.82, 2.24) is 20.1 Å². The lowest BCUT2D eigenvalue weighted by Gasteiger charge is -2.35. The zero-order chi connectivity index (χ0) is 13.9. The molecule has 106 valence electrons. The second-order valence-corrected chi connectivity index (χ2v) is 5.29. The third-order valence-electron chi connectivity index (χ3n) is 3.93. The van der Waals surface area contributed by atoms with Crippen molar-refractivity contribution in [3.8, 4) is 0 Å². The lowest BCUT2D eigenvalue weighted by Crippen LogP contribution is -2.47. The first-order valence-corrected chi connectivity index (χ1v) is 6.95. The maximum Gasteiger partial charge on any atom is 0.324 e. The van der Waals surface area contributed by atoms with Gasteiger partial charge in [-0.25, -0.2) is 4.79 Å². The Bertz CT molecular complexity index is 481. The normalized spacial score (nSPS) is 21.3. The molecule has 1 aromatic rings. The molecular weight excluding hydrogens is 256 g/mol. The first-order chi connectivity index (χ1) is 9.74. The standard InChI is InChI=1S/C14H18N4O2/c19-13-9-16-14(20)18(13)12-3-6-17(7-4-12)10-11-2-1-5-15-8-11/h1-2,5,8,12H,3-4,6-7,9-10H2,(H,16,20). The SMILES string of the molecule is O=C1CNC(=O)N1C1CCN(Cc2cccnc2)CC1. The van der Waals surface area contributed by atoms with E-state index in [-0.39, 0.29) is 24.5 Å². The number of urea groups is 1. The molecule has 20 heavy (non-hydrogen) atoms. The third-order valence-corrected chi connectivity index (χ3v) is 3.93. The summed E-state index contributed by atoms with van der Waals surface area (Å²) in [5.74, 6) is -0.0966. The first-order valence-electron chi connectivity index (χ1n) is 6.95. The van der Waals surface area contributed by atoms with Gasteiger partial charge >= 0.3 is 6.03 Å². The molecule has 0 aromatic carbocycles. The van der Waals surface area contributed by atoms with Crippen molar-refractivity contribution >= 4 is 11.9 Å². The van der Waals surface area contributed by atoms with Gasteiger partial charge in [0.2, 0.25) is 5.91 Å². The fourth-order valence-corrected chi connectivity index (χ4v) is 2.89. The largest absolute Gasteiger partial charge is 0.329 e. The number of hydrogen-bond acceptors (Lipinski definition) is 4. The van der Waals surface area contributed by atoms with Gasteiger partial charge in [-0.15, -0.1) is 0 Å². The number of likely N-dealkylation sites (tertiary alicyclic amines) is 1. The lowest BCUT2D eigenvalue weighted by atomic mass is 10.0. The van der Waals surface area contributed by atoms with E-state index in [1.54, 1.807) is 6.20 Å². The maximum atomic E-state index is 11.7. The molecule has 6 heteroatoms. The van der Waals surface area contributed by atoms with Crippen molar-refractivity contribution < 1.29 is 9.59 Å². The molecule has 2 aliphatic rings. The minimum absolute atomic E-state index is 0.0511. The zero-order valence-electron chi connectivity index (χ0n) is 11.3. The summed E-state index contributed by atoms with van der Waals surface area (Å²) in [6.07, 6.45) is 5.34. The van der Waals surface area contributed by atoms with Crippen LogP contribution in [0.5, 0.6) is 0 Å². The number of nitrogens with zero attached hydrogens (tertiary/aromatic N) is 3. The summed E-state index contributed by atoms with van der Waals surface area (Å²) in [7, 11) is 0. The van der Waals surface area contributed by atoms with E-state index < -0.39 is 0 Å². The second kappa shape index (κ2) is 5.58. The van der Waals surface area contributed by atoms with Crippen molar-refractivity contribution in [3.05, 3.63) is 30.1 Å². The van der Waals surface area contributed by atoms with Crippen LogP contribution in [0.25, 0.3) is 0 Å². The molecular formula is C14H18N4O2. The van der Waals surface area contributed by atoms with Gasteiger partial charge in [-0.2, -0.15) is 0 Å². The molecule has 6 nitrogen and oxygen atoms in total. The van der Waals surface area contributed by atoms with Crippen molar-refractivity contribution in [2.24, 2.45) is 0 Å². The Hall–Kier alpha value is -1.95. The minimum Gasteiger partial charge on any atom is -0.329 e. The van der Waals surface area contributed by atoms with Crippen LogP contribution in [0.4, 0.5) is 4.79 Å². The Kier molecular flexibility index (Phi) is 3.64. The molecule has 0 unspecified atom stereocenters. The van der Waals surface area contributed by atoms with E-state index in [0.29, 0.717) is 0 Å². The molecule has 0 aliphatic carbocycles. The predicted molar refractivity (Wildman–Crippen MR) is 72.8 cm³/mol. The Morgan fingerprint density at radius 3 is 2.70 bits per heavy atom. The quantitative estimate of drug-likeness (QED) is 0.820. The second-order valence-electron chi connectivity index (χ2n) is 5.29. The number of rotatable bonds is 3. The average molecular weight is 274 g/mol. The summed E-state index contributed by atoms with van der Waals surface area (Å²) >= 11 is 0. The topological polar surface area (TPSA) is 65.5 Å². The van der Waals surface area contributed by atoms with Crippen molar-refractivity contribution in [2.75, 3.05) is 19.6 Å². The van der Waals surface area contributed by atoms with Crippen LogP contribution in [0.15, 0.2) is 24.5 Å². The van der Waals surface area contributed by atoms with Gasteiger partial charge < -0.3 is 5.32 Å². The van der Waals surface area contributed by atoms with Crippen LogP contribution in [-0.2, 0) is 11.3 Å². The van der Waals surface area contributed by atoms with Gasteiger partial charge in [0.25, 0.3) is 0 Å². The van der Waals surface area contributed by atoms with E-state index in [0.717, 1.165) is 32.5 Å². The van der Waals surface area contributed by atoms with E-state index in [1.807, 2.05) is 12.3 Å². The number of carbonyl (C=O) groups excluding carboxylic acids is 2. The highest BCUT2D eigenvalue weighted by molar-refractivity contribution is 6.02. The fraction of sp³-hybridized carbons (Fsp3) is 0.500. The highest BCUT2D eigenvalue weighted by Gasteiger charge is 2.36. The van der Waals surface area contributed by atoms with Gasteiger partial charge in [-0.3, -0.25) is 19.6 Å². The van der Waals surface area contributed by atoms with Crippen molar-refractivity contribution in [1.29, 1.82) is 0 Å². The van der Waals surface area contributed by atoms with E-state index >= 15 is 0 Å². The third kappa shape index (κ3) is 2.65. The molecule has 3 amide bonds. The molecule has 3 heterocycles. The molecule has 1 aromatic heterocycles. The molecule has 0 saturated carbocycles. The summed E-state index contributed by atoms with van der Waals surface area (Å²) in [6, 6.07) is 3.82. The molecule has 0 atom stereocenters. The first kappa shape index (κ1) is 13.1. The number of carbonyl (C=O) groups is 2. The summed E-state index contributed by atoms with van der Waals surface area (Å²) in [4.78, 5) is 31.2. The Labute approximate surface area is 117 Å². The van der Waals surface area contributed by atoms with Crippen LogP contribution in [-0.4, -0.2) is 52.4 Å². The predicted octanol–water partition coefficient (Wildman–Crippen LogP) is 0.598. The molecule has 2 saturated heterocycles. The molecule has 0 radical (unpaired) electrons. The van der Waals surface area contributed by atoms with Crippen molar-refractivity contribution in [3.63, 3.8) is 0 Å². The van der Waals surface area contributed by atoms with Gasteiger partial charge in [-0.05, 0) is 24.5 Å². The van der Waals surface area contributed by atoms with Crippen molar-refractivity contribution in [2.45, 2.75) is 25.4 Å². The molecule has 0 bridgehead atoms. The minimum atomic E-state index is -0.235. The number of hydrogen-bond donors (Lipinski definition) is 1. The van der Waals surface area contributed by atoms with Gasteiger partial charge in [0.1, 0.15) is 0 Å². The van der Waals surface area contributed by atoms with Gasteiger partial charge in [0.05, 0.1) is 6.54 Å². The molecule has 0 spiro atoms. The highest BCUT2D eigenvalue weighted by Crippen LogP contribution is 2.20. The highest BCUT2D eigenvalue weighted by atomic mass is 16.2. The summed E-state index contributed by atoms with van der Waals surface area (Å²) in [5, 5.41) is 2.58. The molecule has 1 N–H and O–H groups in total. The Morgan fingerprint density at radius 2 is 2.10 bits per heavy atom. The van der Waals surface area contributed by atoms with E-state index in [1.165, 1.54) is 10.5 Å². The van der Waals surface area contributed by atoms with E-state index in [4.69, 9.17) is 0 Å². The number of aromatic nitrogens is 1. The zero-order valence-corrected chi connectivity index (χ0v) is 11.3. The number of nitrogens with one attached hydrogen (secondary N) is 1. The van der Waals surface area contributed by atoms with Crippen LogP contribution in [0, 0.1) is 0 Å². The van der Waals surface area contributed by atoms with Crippen LogP contribution < -0.4 is 5.32 Å².